The number of hydrogen-bond donors (Lipinski definition) is 1. The molecule has 1 unspecified atom stereocenters. The van der Waals surface area contributed by atoms with Crippen molar-refractivity contribution < 1.29 is 8.42 Å². The summed E-state index contributed by atoms with van der Waals surface area (Å²) in [6.45, 7) is 2.05. The van der Waals surface area contributed by atoms with Crippen molar-refractivity contribution >= 4 is 22.0 Å². The molecule has 0 aromatic heterocycles. The van der Waals surface area contributed by atoms with Crippen LogP contribution in [0.2, 0.25) is 0 Å². The smallest absolute Gasteiger partial charge is 0.175 e. The van der Waals surface area contributed by atoms with Gasteiger partial charge in [0.05, 0.1) is 4.90 Å². The second kappa shape index (κ2) is 6.43. The predicted molar refractivity (Wildman–Crippen MR) is 102 cm³/mol. The lowest BCUT2D eigenvalue weighted by Gasteiger charge is -2.32. The number of fused-ring (bicyclic) bond motifs is 2. The first kappa shape index (κ1) is 16.6. The third kappa shape index (κ3) is 3.16. The van der Waals surface area contributed by atoms with Crippen molar-refractivity contribution in [1.82, 2.24) is 5.32 Å². The average molecular weight is 353 g/mol. The van der Waals surface area contributed by atoms with Gasteiger partial charge in [0.2, 0.25) is 0 Å². The molecule has 3 nitrogen and oxygen atoms in total. The zero-order valence-electron chi connectivity index (χ0n) is 14.4. The molecule has 0 bridgehead atoms. The van der Waals surface area contributed by atoms with Gasteiger partial charge in [0.25, 0.3) is 0 Å². The zero-order valence-corrected chi connectivity index (χ0v) is 15.2. The summed E-state index contributed by atoms with van der Waals surface area (Å²) in [5.41, 5.74) is 4.83. The van der Waals surface area contributed by atoms with Gasteiger partial charge in [-0.1, -0.05) is 42.5 Å². The highest BCUT2D eigenvalue weighted by Gasteiger charge is 2.30. The van der Waals surface area contributed by atoms with Crippen molar-refractivity contribution in [2.75, 3.05) is 19.3 Å². The fourth-order valence-electron chi connectivity index (χ4n) is 4.18. The molecule has 0 amide bonds. The molecule has 0 saturated carbocycles. The van der Waals surface area contributed by atoms with Crippen LogP contribution in [0.3, 0.4) is 0 Å². The lowest BCUT2D eigenvalue weighted by Crippen LogP contribution is -2.31. The van der Waals surface area contributed by atoms with Crippen molar-refractivity contribution in [2.45, 2.75) is 23.7 Å². The summed E-state index contributed by atoms with van der Waals surface area (Å²) >= 11 is 0. The van der Waals surface area contributed by atoms with Gasteiger partial charge >= 0.3 is 0 Å². The summed E-state index contributed by atoms with van der Waals surface area (Å²) < 4.78 is 24.2. The Morgan fingerprint density at radius 3 is 2.32 bits per heavy atom. The first-order valence-corrected chi connectivity index (χ1v) is 10.7. The highest BCUT2D eigenvalue weighted by atomic mass is 32.2. The molecule has 1 atom stereocenters. The van der Waals surface area contributed by atoms with Crippen LogP contribution in [0.25, 0.3) is 12.2 Å². The van der Waals surface area contributed by atoms with E-state index < -0.39 is 9.84 Å². The Morgan fingerprint density at radius 2 is 1.60 bits per heavy atom. The van der Waals surface area contributed by atoms with Gasteiger partial charge in [0.1, 0.15) is 0 Å². The van der Waals surface area contributed by atoms with E-state index in [1.54, 1.807) is 6.07 Å². The van der Waals surface area contributed by atoms with E-state index in [1.165, 1.54) is 17.4 Å². The number of rotatable bonds is 2. The summed E-state index contributed by atoms with van der Waals surface area (Å²) in [6.07, 6.45) is 7.80. The van der Waals surface area contributed by atoms with Crippen LogP contribution in [0.15, 0.2) is 47.4 Å². The Labute approximate surface area is 149 Å². The Morgan fingerprint density at radius 1 is 0.920 bits per heavy atom. The monoisotopic (exact) mass is 353 g/mol. The summed E-state index contributed by atoms with van der Waals surface area (Å²) in [6, 6.07) is 14.1. The molecule has 0 radical (unpaired) electrons. The summed E-state index contributed by atoms with van der Waals surface area (Å²) in [5, 5.41) is 3.44. The third-order valence-electron chi connectivity index (χ3n) is 5.45. The number of piperidine rings is 1. The van der Waals surface area contributed by atoms with E-state index in [2.05, 4.69) is 41.7 Å². The van der Waals surface area contributed by atoms with E-state index in [9.17, 15) is 8.42 Å². The van der Waals surface area contributed by atoms with Crippen LogP contribution >= 0.6 is 0 Å². The molecule has 1 fully saturated rings. The maximum absolute atomic E-state index is 12.1. The standard InChI is InChI=1S/C21H23NO2S/c1-25(23,24)18-9-8-16-7-6-15-4-2-3-5-19(15)21(20(16)14-18)17-10-12-22-13-11-17/h2-9,14,17,21-22H,10-13H2,1H3. The maximum atomic E-state index is 12.1. The molecule has 1 aliphatic heterocycles. The van der Waals surface area contributed by atoms with Crippen LogP contribution < -0.4 is 5.32 Å². The van der Waals surface area contributed by atoms with Crippen molar-refractivity contribution in [3.05, 3.63) is 64.7 Å². The molecule has 25 heavy (non-hydrogen) atoms. The van der Waals surface area contributed by atoms with Crippen molar-refractivity contribution in [3.63, 3.8) is 0 Å². The highest BCUT2D eigenvalue weighted by molar-refractivity contribution is 7.90. The fourth-order valence-corrected chi connectivity index (χ4v) is 4.84. The molecule has 1 heterocycles. The first-order valence-electron chi connectivity index (χ1n) is 8.86. The predicted octanol–water partition coefficient (Wildman–Crippen LogP) is 3.71. The molecule has 0 spiro atoms. The minimum atomic E-state index is -3.22. The van der Waals surface area contributed by atoms with E-state index in [0.29, 0.717) is 10.8 Å². The largest absolute Gasteiger partial charge is 0.317 e. The number of benzene rings is 2. The van der Waals surface area contributed by atoms with Crippen LogP contribution in [0.5, 0.6) is 0 Å². The van der Waals surface area contributed by atoms with Crippen LogP contribution in [-0.4, -0.2) is 27.8 Å². The number of sulfone groups is 1. The fraction of sp³-hybridized carbons (Fsp3) is 0.333. The Balaban J connectivity index is 1.93. The molecular formula is C21H23NO2S. The topological polar surface area (TPSA) is 46.2 Å². The third-order valence-corrected chi connectivity index (χ3v) is 6.56. The molecule has 1 N–H and O–H groups in total. The molecule has 1 saturated heterocycles. The summed E-state index contributed by atoms with van der Waals surface area (Å²) in [5.74, 6) is 0.765. The van der Waals surface area contributed by atoms with E-state index in [4.69, 9.17) is 0 Å². The Hall–Kier alpha value is -1.91. The molecule has 1 aliphatic carbocycles. The quantitative estimate of drug-likeness (QED) is 0.895. The van der Waals surface area contributed by atoms with Gasteiger partial charge in [-0.15, -0.1) is 0 Å². The highest BCUT2D eigenvalue weighted by Crippen LogP contribution is 2.43. The Bertz CT molecular complexity index is 925. The number of nitrogens with one attached hydrogen (secondary N) is 1. The molecule has 2 aromatic rings. The van der Waals surface area contributed by atoms with E-state index in [1.807, 2.05) is 12.1 Å². The van der Waals surface area contributed by atoms with Crippen molar-refractivity contribution in [2.24, 2.45) is 5.92 Å². The molecule has 2 aromatic carbocycles. The van der Waals surface area contributed by atoms with Crippen molar-refractivity contribution in [1.29, 1.82) is 0 Å². The van der Waals surface area contributed by atoms with Crippen molar-refractivity contribution in [3.8, 4) is 0 Å². The zero-order chi connectivity index (χ0) is 17.4. The van der Waals surface area contributed by atoms with Crippen LogP contribution in [0, 0.1) is 5.92 Å². The first-order chi connectivity index (χ1) is 12.0. The minimum Gasteiger partial charge on any atom is -0.317 e. The van der Waals surface area contributed by atoms with Gasteiger partial charge in [-0.2, -0.15) is 0 Å². The van der Waals surface area contributed by atoms with Gasteiger partial charge in [-0.3, -0.25) is 0 Å². The number of hydrogen-bond acceptors (Lipinski definition) is 3. The molecule has 4 rings (SSSR count). The Kier molecular flexibility index (Phi) is 4.26. The second-order valence-corrected chi connectivity index (χ2v) is 9.11. The maximum Gasteiger partial charge on any atom is 0.175 e. The molecular weight excluding hydrogens is 330 g/mol. The lowest BCUT2D eigenvalue weighted by atomic mass is 9.75. The van der Waals surface area contributed by atoms with Crippen LogP contribution in [0.4, 0.5) is 0 Å². The van der Waals surface area contributed by atoms with Crippen LogP contribution in [-0.2, 0) is 9.84 Å². The van der Waals surface area contributed by atoms with E-state index >= 15 is 0 Å². The normalized spacial score (nSPS) is 20.6. The summed E-state index contributed by atoms with van der Waals surface area (Å²) in [4.78, 5) is 0.415. The SMILES string of the molecule is CS(=O)(=O)c1ccc2c(c1)C(C1CCNCC1)c1ccccc1C=C2. The molecule has 130 valence electrons. The second-order valence-electron chi connectivity index (χ2n) is 7.09. The van der Waals surface area contributed by atoms with Gasteiger partial charge in [-0.05, 0) is 66.2 Å². The van der Waals surface area contributed by atoms with Gasteiger partial charge in [-0.25, -0.2) is 8.42 Å². The minimum absolute atomic E-state index is 0.241. The lowest BCUT2D eigenvalue weighted by molar-refractivity contribution is 0.342. The van der Waals surface area contributed by atoms with Gasteiger partial charge in [0, 0.05) is 12.2 Å². The summed E-state index contributed by atoms with van der Waals surface area (Å²) in [7, 11) is -3.22. The van der Waals surface area contributed by atoms with E-state index in [-0.39, 0.29) is 5.92 Å². The van der Waals surface area contributed by atoms with Crippen LogP contribution in [0.1, 0.15) is 41.0 Å². The van der Waals surface area contributed by atoms with Gasteiger partial charge in [0.15, 0.2) is 9.84 Å². The molecule has 4 heteroatoms. The van der Waals surface area contributed by atoms with Gasteiger partial charge < -0.3 is 5.32 Å². The molecule has 2 aliphatic rings. The average Bonchev–Trinajstić information content (AvgIpc) is 2.78. The van der Waals surface area contributed by atoms with E-state index in [0.717, 1.165) is 37.1 Å².